The highest BCUT2D eigenvalue weighted by Gasteiger charge is 2.26. The molecule has 0 radical (unpaired) electrons. The van der Waals surface area contributed by atoms with Gasteiger partial charge in [-0.05, 0) is 107 Å². The molecule has 0 atom stereocenters. The lowest BCUT2D eigenvalue weighted by Crippen LogP contribution is -2.25. The number of hydrogen-bond donors (Lipinski definition) is 0. The highest BCUT2D eigenvalue weighted by molar-refractivity contribution is 5.91. The number of rotatable bonds is 4. The third-order valence-corrected chi connectivity index (χ3v) is 8.03. The van der Waals surface area contributed by atoms with Crippen molar-refractivity contribution in [1.82, 2.24) is 0 Å². The van der Waals surface area contributed by atoms with Gasteiger partial charge in [0.1, 0.15) is 5.78 Å². The summed E-state index contributed by atoms with van der Waals surface area (Å²) in [5, 5.41) is 0. The molecule has 0 heterocycles. The second-order valence-electron chi connectivity index (χ2n) is 13.4. The first-order valence-electron chi connectivity index (χ1n) is 15.4. The van der Waals surface area contributed by atoms with E-state index in [1.807, 2.05) is 21.1 Å². The molecule has 0 aromatic carbocycles. The first kappa shape index (κ1) is 55.3. The van der Waals surface area contributed by atoms with Crippen LogP contribution in [0.3, 0.4) is 0 Å². The highest BCUT2D eigenvalue weighted by atomic mass is 16.5. The van der Waals surface area contributed by atoms with Crippen LogP contribution in [0.2, 0.25) is 0 Å². The number of ketones is 2. The lowest BCUT2D eigenvalue weighted by molar-refractivity contribution is -0.191. The Hall–Kier alpha value is -2.14. The first-order chi connectivity index (χ1) is 19.4. The number of carbonyl (C=O) groups is 2. The van der Waals surface area contributed by atoms with Crippen molar-refractivity contribution in [2.24, 2.45) is 16.7 Å². The van der Waals surface area contributed by atoms with E-state index in [2.05, 4.69) is 54.4 Å². The van der Waals surface area contributed by atoms with Gasteiger partial charge in [0.15, 0.2) is 5.78 Å². The average Bonchev–Trinajstić information content (AvgIpc) is 2.93. The fourth-order valence-electron chi connectivity index (χ4n) is 4.28. The van der Waals surface area contributed by atoms with Crippen LogP contribution in [0.25, 0.3) is 0 Å². The third kappa shape index (κ3) is 38.0. The molecule has 0 aliphatic heterocycles. The first-order valence-corrected chi connectivity index (χ1v) is 15.4. The monoisotopic (exact) mass is 641 g/mol. The predicted octanol–water partition coefficient (Wildman–Crippen LogP) is 11.2. The van der Waals surface area contributed by atoms with Crippen LogP contribution in [0.5, 0.6) is 0 Å². The van der Waals surface area contributed by atoms with Crippen molar-refractivity contribution in [2.45, 2.75) is 167 Å². The molecule has 0 unspecified atom stereocenters. The molecule has 0 bridgehead atoms. The topological polar surface area (TPSA) is 86.7 Å². The zero-order valence-corrected chi connectivity index (χ0v) is 28.9. The van der Waals surface area contributed by atoms with Gasteiger partial charge in [-0.25, -0.2) is 0 Å². The lowest BCUT2D eigenvalue weighted by Gasteiger charge is -2.33. The molecule has 0 spiro atoms. The van der Waals surface area contributed by atoms with Gasteiger partial charge in [0.25, 0.3) is 0 Å². The summed E-state index contributed by atoms with van der Waals surface area (Å²) in [6.45, 7) is 27.0. The molecule has 0 aromatic heterocycles. The number of Topliss-reactive ketones (excluding diaryl/α,β-unsaturated/α-hetero) is 2. The van der Waals surface area contributed by atoms with Crippen molar-refractivity contribution >= 4 is 17.7 Å². The summed E-state index contributed by atoms with van der Waals surface area (Å²) in [5.74, 6) is 1.46. The number of hydrogen-bond acceptors (Lipinski definition) is 6. The van der Waals surface area contributed by atoms with Gasteiger partial charge >= 0.3 is 6.15 Å². The molecule has 6 nitrogen and oxygen atoms in total. The molecule has 3 aliphatic carbocycles. The van der Waals surface area contributed by atoms with Gasteiger partial charge < -0.3 is 9.47 Å². The Bertz CT molecular complexity index is 775. The molecule has 3 saturated carbocycles. The van der Waals surface area contributed by atoms with Crippen molar-refractivity contribution in [3.8, 4) is 0 Å². The molecule has 3 rings (SSSR count). The number of allylic oxidation sites excluding steroid dienone is 3. The maximum absolute atomic E-state index is 10.8. The minimum absolute atomic E-state index is 0. The van der Waals surface area contributed by atoms with Gasteiger partial charge in [-0.1, -0.05) is 88.3 Å². The molecule has 268 valence electrons. The van der Waals surface area contributed by atoms with E-state index in [1.54, 1.807) is 13.0 Å². The van der Waals surface area contributed by atoms with Gasteiger partial charge in [-0.2, -0.15) is 9.59 Å². The van der Waals surface area contributed by atoms with Crippen molar-refractivity contribution in [2.75, 3.05) is 14.2 Å². The Morgan fingerprint density at radius 2 is 1.04 bits per heavy atom. The standard InChI is InChI=1S/C9H18O.C8H14O.C8H16O.C5H8O.C5H8.CO2.3CH4/c1-9(2)6-4-8(10-3)5-7-9;1-8(2)5-3-7(9)4-6-8;1-7-3-5-8(9-2)6-4-7;1-4(2)5(3)6;1-4-5(2)3;2-1-3;;;/h8H,4-7H2,1-3H3;3-6H2,1-2H3;7-8H,3-6H2,1-2H3;1H2,2-3H3;4H,1-2H2,3H3;;3*1H4. The number of ether oxygens (including phenoxy) is 2. The molecule has 0 saturated heterocycles. The summed E-state index contributed by atoms with van der Waals surface area (Å²) >= 11 is 0. The quantitative estimate of drug-likeness (QED) is 0.224. The van der Waals surface area contributed by atoms with Gasteiger partial charge in [0, 0.05) is 27.1 Å². The summed E-state index contributed by atoms with van der Waals surface area (Å²) in [7, 11) is 3.64. The number of carbonyl (C=O) groups excluding carboxylic acids is 4. The van der Waals surface area contributed by atoms with Gasteiger partial charge in [0.2, 0.25) is 0 Å². The molecular weight excluding hydrogens is 564 g/mol. The molecule has 0 aromatic rings. The van der Waals surface area contributed by atoms with Crippen molar-refractivity contribution in [3.05, 3.63) is 37.0 Å². The molecule has 45 heavy (non-hydrogen) atoms. The smallest absolute Gasteiger partial charge is 0.373 e. The fraction of sp³-hybridized carbons (Fsp3) is 0.769. The summed E-state index contributed by atoms with van der Waals surface area (Å²) in [5.41, 5.74) is 2.66. The maximum atomic E-state index is 10.8. The van der Waals surface area contributed by atoms with Crippen LogP contribution in [-0.2, 0) is 28.7 Å². The van der Waals surface area contributed by atoms with Crippen molar-refractivity contribution < 1.29 is 28.7 Å². The van der Waals surface area contributed by atoms with Crippen molar-refractivity contribution in [3.63, 3.8) is 0 Å². The molecule has 0 N–H and O–H groups in total. The SMILES string of the molecule is C.C.C.C=C(C)C(C)=O.C=CC(=C)C.CC1(C)CCC(=O)CC1.COC1CCC(C)(C)CC1.COC1CCC(C)CC1.O=C=O. The van der Waals surface area contributed by atoms with E-state index >= 15 is 0 Å². The zero-order valence-electron chi connectivity index (χ0n) is 28.9. The van der Waals surface area contributed by atoms with E-state index < -0.39 is 0 Å². The Balaban J connectivity index is -0.000000103. The Kier molecular flexibility index (Phi) is 39.1. The molecule has 0 amide bonds. The second kappa shape index (κ2) is 31.8. The third-order valence-electron chi connectivity index (χ3n) is 8.03. The number of methoxy groups -OCH3 is 2. The molecule has 3 fully saturated rings. The van der Waals surface area contributed by atoms with Crippen LogP contribution < -0.4 is 0 Å². The zero-order chi connectivity index (χ0) is 33.4. The van der Waals surface area contributed by atoms with Crippen LogP contribution >= 0.6 is 0 Å². The van der Waals surface area contributed by atoms with E-state index in [0.29, 0.717) is 34.4 Å². The summed E-state index contributed by atoms with van der Waals surface area (Å²) in [6, 6.07) is 0. The lowest BCUT2D eigenvalue weighted by atomic mass is 9.76. The highest BCUT2D eigenvalue weighted by Crippen LogP contribution is 2.36. The Morgan fingerprint density at radius 1 is 0.756 bits per heavy atom. The molecule has 3 aliphatic rings. The van der Waals surface area contributed by atoms with Crippen LogP contribution in [0.15, 0.2) is 37.0 Å². The maximum Gasteiger partial charge on any atom is 0.373 e. The van der Waals surface area contributed by atoms with Gasteiger partial charge in [0.05, 0.1) is 12.2 Å². The minimum atomic E-state index is 0. The normalized spacial score (nSPS) is 20.4. The van der Waals surface area contributed by atoms with E-state index in [0.717, 1.165) is 37.2 Å². The Morgan fingerprint density at radius 3 is 1.29 bits per heavy atom. The summed E-state index contributed by atoms with van der Waals surface area (Å²) in [4.78, 5) is 37.0. The Labute approximate surface area is 280 Å². The van der Waals surface area contributed by atoms with Crippen LogP contribution in [-0.4, -0.2) is 44.1 Å². The predicted molar refractivity (Wildman–Crippen MR) is 194 cm³/mol. The van der Waals surface area contributed by atoms with Crippen LogP contribution in [0, 0.1) is 16.7 Å². The van der Waals surface area contributed by atoms with Gasteiger partial charge in [-0.3, -0.25) is 9.59 Å². The average molecular weight is 641 g/mol. The summed E-state index contributed by atoms with van der Waals surface area (Å²) in [6.07, 6.45) is 17.3. The van der Waals surface area contributed by atoms with Crippen LogP contribution in [0.4, 0.5) is 0 Å². The van der Waals surface area contributed by atoms with Crippen LogP contribution in [0.1, 0.15) is 155 Å². The van der Waals surface area contributed by atoms with Gasteiger partial charge in [-0.15, -0.1) is 0 Å². The van der Waals surface area contributed by atoms with E-state index in [-0.39, 0.29) is 34.2 Å². The minimum Gasteiger partial charge on any atom is -0.381 e. The fourth-order valence-corrected chi connectivity index (χ4v) is 4.28. The van der Waals surface area contributed by atoms with E-state index in [1.165, 1.54) is 58.3 Å². The van der Waals surface area contributed by atoms with E-state index in [4.69, 9.17) is 19.1 Å². The van der Waals surface area contributed by atoms with Crippen molar-refractivity contribution in [1.29, 1.82) is 0 Å². The summed E-state index contributed by atoms with van der Waals surface area (Å²) < 4.78 is 10.5. The second-order valence-corrected chi connectivity index (χ2v) is 13.4. The largest absolute Gasteiger partial charge is 0.381 e. The molecular formula is C39H76O6. The molecule has 6 heteroatoms. The van der Waals surface area contributed by atoms with E-state index in [9.17, 15) is 9.59 Å².